The zero-order valence-corrected chi connectivity index (χ0v) is 7.17. The Kier molecular flexibility index (Phi) is 2.97. The van der Waals surface area contributed by atoms with Gasteiger partial charge in [0.15, 0.2) is 11.6 Å². The van der Waals surface area contributed by atoms with Crippen LogP contribution in [0.15, 0.2) is 23.8 Å². The van der Waals surface area contributed by atoms with E-state index in [0.717, 1.165) is 12.0 Å². The number of hydrogen-bond donors (Lipinski definition) is 0. The van der Waals surface area contributed by atoms with Crippen molar-refractivity contribution in [1.82, 2.24) is 0 Å². The van der Waals surface area contributed by atoms with Crippen LogP contribution in [0.25, 0.3) is 0 Å². The third-order valence-electron chi connectivity index (χ3n) is 1.84. The molecule has 0 spiro atoms. The molecule has 1 rings (SSSR count). The van der Waals surface area contributed by atoms with E-state index in [-0.39, 0.29) is 11.6 Å². The second-order valence-electron chi connectivity index (χ2n) is 2.84. The summed E-state index contributed by atoms with van der Waals surface area (Å²) in [6, 6.07) is 0. The zero-order valence-electron chi connectivity index (χ0n) is 7.17. The Hall–Kier alpha value is -1.18. The molecule has 0 unspecified atom stereocenters. The highest BCUT2D eigenvalue weighted by Gasteiger charge is 2.08. The van der Waals surface area contributed by atoms with E-state index in [0.29, 0.717) is 12.8 Å². The average molecular weight is 164 g/mol. The van der Waals surface area contributed by atoms with Crippen LogP contribution in [0.4, 0.5) is 0 Å². The minimum Gasteiger partial charge on any atom is -0.295 e. The van der Waals surface area contributed by atoms with Crippen LogP contribution in [0.2, 0.25) is 0 Å². The number of carbonyl (C=O) groups excluding carboxylic acids is 2. The predicted octanol–water partition coefficient (Wildman–Crippen LogP) is 1.81. The second kappa shape index (κ2) is 4.00. The molecule has 0 aromatic rings. The lowest BCUT2D eigenvalue weighted by Crippen LogP contribution is -1.87. The normalized spacial score (nSPS) is 17.1. The van der Waals surface area contributed by atoms with Crippen molar-refractivity contribution in [1.29, 1.82) is 0 Å². The Bertz CT molecular complexity index is 259. The highest BCUT2D eigenvalue weighted by atomic mass is 16.1. The van der Waals surface area contributed by atoms with E-state index in [9.17, 15) is 9.59 Å². The molecule has 0 saturated heterocycles. The minimum absolute atomic E-state index is 0.107. The molecule has 0 N–H and O–H groups in total. The minimum atomic E-state index is 0.107. The van der Waals surface area contributed by atoms with Crippen LogP contribution in [-0.2, 0) is 9.59 Å². The smallest absolute Gasteiger partial charge is 0.156 e. The van der Waals surface area contributed by atoms with Gasteiger partial charge in [-0.3, -0.25) is 9.59 Å². The maximum atomic E-state index is 10.9. The summed E-state index contributed by atoms with van der Waals surface area (Å²) in [7, 11) is 0. The van der Waals surface area contributed by atoms with E-state index in [1.165, 1.54) is 0 Å². The Balaban J connectivity index is 2.52. The first-order chi connectivity index (χ1) is 5.72. The van der Waals surface area contributed by atoms with Crippen molar-refractivity contribution in [3.63, 3.8) is 0 Å². The third kappa shape index (κ3) is 2.46. The van der Waals surface area contributed by atoms with Crippen molar-refractivity contribution in [3.05, 3.63) is 23.8 Å². The van der Waals surface area contributed by atoms with Crippen molar-refractivity contribution in [2.75, 3.05) is 0 Å². The lowest BCUT2D eigenvalue weighted by Gasteiger charge is -1.88. The van der Waals surface area contributed by atoms with Crippen molar-refractivity contribution in [3.8, 4) is 0 Å². The summed E-state index contributed by atoms with van der Waals surface area (Å²) in [4.78, 5) is 21.6. The van der Waals surface area contributed by atoms with Crippen LogP contribution in [0.1, 0.15) is 26.2 Å². The quantitative estimate of drug-likeness (QED) is 0.596. The Labute approximate surface area is 72.0 Å². The fourth-order valence-electron chi connectivity index (χ4n) is 1.07. The lowest BCUT2D eigenvalue weighted by molar-refractivity contribution is -0.115. The molecule has 0 bridgehead atoms. The van der Waals surface area contributed by atoms with Crippen LogP contribution in [0.3, 0.4) is 0 Å². The van der Waals surface area contributed by atoms with Crippen molar-refractivity contribution >= 4 is 11.6 Å². The average Bonchev–Trinajstić information content (AvgIpc) is 2.47. The van der Waals surface area contributed by atoms with Crippen LogP contribution < -0.4 is 0 Å². The summed E-state index contributed by atoms with van der Waals surface area (Å²) in [5, 5.41) is 0. The summed E-state index contributed by atoms with van der Waals surface area (Å²) in [5.41, 5.74) is 0.974. The molecule has 0 fully saturated rings. The van der Waals surface area contributed by atoms with Gasteiger partial charge in [-0.2, -0.15) is 0 Å². The molecule has 0 atom stereocenters. The maximum Gasteiger partial charge on any atom is 0.156 e. The third-order valence-corrected chi connectivity index (χ3v) is 1.84. The van der Waals surface area contributed by atoms with E-state index >= 15 is 0 Å². The Morgan fingerprint density at radius 3 is 2.83 bits per heavy atom. The highest BCUT2D eigenvalue weighted by molar-refractivity contribution is 5.94. The second-order valence-corrected chi connectivity index (χ2v) is 2.84. The molecule has 0 aromatic carbocycles. The molecule has 2 heteroatoms. The molecule has 0 saturated carbocycles. The van der Waals surface area contributed by atoms with Gasteiger partial charge < -0.3 is 0 Å². The molecule has 1 aliphatic rings. The van der Waals surface area contributed by atoms with Crippen molar-refractivity contribution in [2.45, 2.75) is 26.2 Å². The number of carbonyl (C=O) groups is 2. The number of rotatable bonds is 3. The summed E-state index contributed by atoms with van der Waals surface area (Å²) in [5.74, 6) is 0.272. The van der Waals surface area contributed by atoms with Crippen molar-refractivity contribution in [2.24, 2.45) is 0 Å². The summed E-state index contributed by atoms with van der Waals surface area (Å²) in [6.07, 6.45) is 6.81. The number of allylic oxidation sites excluding steroid dienone is 4. The van der Waals surface area contributed by atoms with Gasteiger partial charge in [-0.25, -0.2) is 0 Å². The fourth-order valence-corrected chi connectivity index (χ4v) is 1.07. The van der Waals surface area contributed by atoms with Gasteiger partial charge in [0.25, 0.3) is 0 Å². The van der Waals surface area contributed by atoms with Gasteiger partial charge >= 0.3 is 0 Å². The molecule has 0 aliphatic heterocycles. The van der Waals surface area contributed by atoms with Gasteiger partial charge in [-0.05, 0) is 24.1 Å². The first kappa shape index (κ1) is 8.91. The SMILES string of the molecule is CCC(=O)C=CC1=CC(=O)CC1. The standard InChI is InChI=1S/C10H12O2/c1-2-9(11)5-3-8-4-6-10(12)7-8/h3,5,7H,2,4,6H2,1H3. The predicted molar refractivity (Wildman–Crippen MR) is 46.8 cm³/mol. The largest absolute Gasteiger partial charge is 0.295 e. The van der Waals surface area contributed by atoms with E-state index in [2.05, 4.69) is 0 Å². The molecular formula is C10H12O2. The van der Waals surface area contributed by atoms with Crippen molar-refractivity contribution < 1.29 is 9.59 Å². The van der Waals surface area contributed by atoms with Gasteiger partial charge in [0.2, 0.25) is 0 Å². The molecule has 0 amide bonds. The Morgan fingerprint density at radius 1 is 1.58 bits per heavy atom. The topological polar surface area (TPSA) is 34.1 Å². The lowest BCUT2D eigenvalue weighted by atomic mass is 10.2. The van der Waals surface area contributed by atoms with Gasteiger partial charge in [0.05, 0.1) is 0 Å². The van der Waals surface area contributed by atoms with E-state index < -0.39 is 0 Å². The van der Waals surface area contributed by atoms with E-state index in [1.54, 1.807) is 18.2 Å². The molecule has 0 aromatic heterocycles. The fraction of sp³-hybridized carbons (Fsp3) is 0.400. The molecular weight excluding hydrogens is 152 g/mol. The van der Waals surface area contributed by atoms with Gasteiger partial charge in [0, 0.05) is 12.8 Å². The summed E-state index contributed by atoms with van der Waals surface area (Å²) >= 11 is 0. The van der Waals surface area contributed by atoms with E-state index in [4.69, 9.17) is 0 Å². The molecule has 0 radical (unpaired) electrons. The molecule has 1 aliphatic carbocycles. The van der Waals surface area contributed by atoms with Crippen LogP contribution in [0, 0.1) is 0 Å². The molecule has 12 heavy (non-hydrogen) atoms. The Morgan fingerprint density at radius 2 is 2.33 bits per heavy atom. The zero-order chi connectivity index (χ0) is 8.97. The van der Waals surface area contributed by atoms with Crippen LogP contribution >= 0.6 is 0 Å². The van der Waals surface area contributed by atoms with E-state index in [1.807, 2.05) is 6.92 Å². The number of hydrogen-bond acceptors (Lipinski definition) is 2. The van der Waals surface area contributed by atoms with Gasteiger partial charge in [-0.1, -0.05) is 13.0 Å². The van der Waals surface area contributed by atoms with Gasteiger partial charge in [-0.15, -0.1) is 0 Å². The van der Waals surface area contributed by atoms with Gasteiger partial charge in [0.1, 0.15) is 0 Å². The monoisotopic (exact) mass is 164 g/mol. The highest BCUT2D eigenvalue weighted by Crippen LogP contribution is 2.15. The first-order valence-corrected chi connectivity index (χ1v) is 4.16. The van der Waals surface area contributed by atoms with Crippen LogP contribution in [-0.4, -0.2) is 11.6 Å². The molecule has 0 heterocycles. The van der Waals surface area contributed by atoms with Crippen LogP contribution in [0.5, 0.6) is 0 Å². The summed E-state index contributed by atoms with van der Waals surface area (Å²) < 4.78 is 0. The number of ketones is 2. The molecule has 2 nitrogen and oxygen atoms in total. The first-order valence-electron chi connectivity index (χ1n) is 4.16. The summed E-state index contributed by atoms with van der Waals surface area (Å²) in [6.45, 7) is 1.82. The molecule has 64 valence electrons. The maximum absolute atomic E-state index is 10.9.